The van der Waals surface area contributed by atoms with E-state index in [0.717, 1.165) is 18.7 Å². The lowest BCUT2D eigenvalue weighted by atomic mass is 10.1. The van der Waals surface area contributed by atoms with Crippen molar-refractivity contribution in [1.82, 2.24) is 10.6 Å². The maximum atomic E-state index is 3.46. The third kappa shape index (κ3) is 6.11. The summed E-state index contributed by atoms with van der Waals surface area (Å²) < 4.78 is 0. The fourth-order valence-electron chi connectivity index (χ4n) is 1.31. The van der Waals surface area contributed by atoms with Crippen molar-refractivity contribution in [2.75, 3.05) is 13.6 Å². The first-order valence-electron chi connectivity index (χ1n) is 5.99. The van der Waals surface area contributed by atoms with Crippen molar-refractivity contribution < 1.29 is 0 Å². The second kappa shape index (κ2) is 6.44. The molecule has 0 saturated carbocycles. The van der Waals surface area contributed by atoms with E-state index in [0.29, 0.717) is 0 Å². The molecule has 0 spiro atoms. The molecule has 0 radical (unpaired) electrons. The summed E-state index contributed by atoms with van der Waals surface area (Å²) in [6, 6.07) is 8.40. The standard InChI is InChI=1S/C15H22N2/c1-15(2,3)17-12-14-9-7-13(8-10-14)6-5-11-16-4/h7-10,16-17H,11-12H2,1-4H3. The molecule has 0 fully saturated rings. The first-order chi connectivity index (χ1) is 8.01. The fourth-order valence-corrected chi connectivity index (χ4v) is 1.31. The molecule has 1 aromatic rings. The van der Waals surface area contributed by atoms with E-state index in [-0.39, 0.29) is 5.54 Å². The van der Waals surface area contributed by atoms with Crippen LogP contribution in [0.2, 0.25) is 0 Å². The first-order valence-corrected chi connectivity index (χ1v) is 5.99. The molecular weight excluding hydrogens is 208 g/mol. The molecule has 0 aliphatic heterocycles. The van der Waals surface area contributed by atoms with Crippen LogP contribution in [0.5, 0.6) is 0 Å². The highest BCUT2D eigenvalue weighted by Crippen LogP contribution is 2.06. The van der Waals surface area contributed by atoms with Crippen molar-refractivity contribution in [2.24, 2.45) is 0 Å². The lowest BCUT2D eigenvalue weighted by Gasteiger charge is -2.20. The topological polar surface area (TPSA) is 24.1 Å². The largest absolute Gasteiger partial charge is 0.309 e. The molecule has 0 aliphatic carbocycles. The van der Waals surface area contributed by atoms with Crippen molar-refractivity contribution in [3.63, 3.8) is 0 Å². The van der Waals surface area contributed by atoms with Gasteiger partial charge in [0, 0.05) is 17.6 Å². The Morgan fingerprint density at radius 1 is 1.12 bits per heavy atom. The van der Waals surface area contributed by atoms with Crippen LogP contribution in [0.15, 0.2) is 24.3 Å². The van der Waals surface area contributed by atoms with Crippen molar-refractivity contribution in [3.8, 4) is 11.8 Å². The average Bonchev–Trinajstić information content (AvgIpc) is 2.27. The van der Waals surface area contributed by atoms with Gasteiger partial charge < -0.3 is 10.6 Å². The van der Waals surface area contributed by atoms with E-state index in [2.05, 4.69) is 67.5 Å². The highest BCUT2D eigenvalue weighted by Gasteiger charge is 2.07. The van der Waals surface area contributed by atoms with Crippen molar-refractivity contribution in [3.05, 3.63) is 35.4 Å². The van der Waals surface area contributed by atoms with Gasteiger partial charge in [0.05, 0.1) is 6.54 Å². The summed E-state index contributed by atoms with van der Waals surface area (Å²) in [6.45, 7) is 8.14. The van der Waals surface area contributed by atoms with Crippen LogP contribution in [0.1, 0.15) is 31.9 Å². The van der Waals surface area contributed by atoms with Crippen molar-refractivity contribution in [2.45, 2.75) is 32.9 Å². The Balaban J connectivity index is 2.54. The van der Waals surface area contributed by atoms with Crippen LogP contribution >= 0.6 is 0 Å². The van der Waals surface area contributed by atoms with Gasteiger partial charge in [0.25, 0.3) is 0 Å². The first kappa shape index (κ1) is 13.8. The van der Waals surface area contributed by atoms with Crippen LogP contribution in [0.25, 0.3) is 0 Å². The van der Waals surface area contributed by atoms with Crippen LogP contribution in [-0.4, -0.2) is 19.1 Å². The van der Waals surface area contributed by atoms with Gasteiger partial charge in [-0.2, -0.15) is 0 Å². The summed E-state index contributed by atoms with van der Waals surface area (Å²) in [5.41, 5.74) is 2.52. The lowest BCUT2D eigenvalue weighted by Crippen LogP contribution is -2.35. The van der Waals surface area contributed by atoms with Gasteiger partial charge in [-0.25, -0.2) is 0 Å². The summed E-state index contributed by atoms with van der Waals surface area (Å²) >= 11 is 0. The van der Waals surface area contributed by atoms with E-state index in [1.807, 2.05) is 7.05 Å². The molecule has 0 heterocycles. The van der Waals surface area contributed by atoms with Crippen LogP contribution in [0, 0.1) is 11.8 Å². The van der Waals surface area contributed by atoms with Gasteiger partial charge in [-0.15, -0.1) is 0 Å². The second-order valence-corrected chi connectivity index (χ2v) is 5.13. The second-order valence-electron chi connectivity index (χ2n) is 5.13. The smallest absolute Gasteiger partial charge is 0.0577 e. The Labute approximate surface area is 105 Å². The van der Waals surface area contributed by atoms with Gasteiger partial charge in [0.2, 0.25) is 0 Å². The Morgan fingerprint density at radius 2 is 1.76 bits per heavy atom. The van der Waals surface area contributed by atoms with Crippen LogP contribution in [0.3, 0.4) is 0 Å². The SMILES string of the molecule is CNCC#Cc1ccc(CNC(C)(C)C)cc1. The van der Waals surface area contributed by atoms with Crippen LogP contribution in [-0.2, 0) is 6.54 Å². The Bertz CT molecular complexity index is 388. The third-order valence-electron chi connectivity index (χ3n) is 2.27. The monoisotopic (exact) mass is 230 g/mol. The molecule has 17 heavy (non-hydrogen) atoms. The van der Waals surface area contributed by atoms with E-state index < -0.39 is 0 Å². The number of benzene rings is 1. The molecule has 0 atom stereocenters. The van der Waals surface area contributed by atoms with Gasteiger partial charge in [0.15, 0.2) is 0 Å². The predicted molar refractivity (Wildman–Crippen MR) is 73.8 cm³/mol. The zero-order chi connectivity index (χ0) is 12.7. The summed E-state index contributed by atoms with van der Waals surface area (Å²) in [5, 5.41) is 6.47. The van der Waals surface area contributed by atoms with Crippen molar-refractivity contribution in [1.29, 1.82) is 0 Å². The predicted octanol–water partition coefficient (Wildman–Crippen LogP) is 2.15. The summed E-state index contributed by atoms with van der Waals surface area (Å²) in [4.78, 5) is 0. The minimum Gasteiger partial charge on any atom is -0.309 e. The van der Waals surface area contributed by atoms with Crippen LogP contribution in [0.4, 0.5) is 0 Å². The number of hydrogen-bond acceptors (Lipinski definition) is 2. The quantitative estimate of drug-likeness (QED) is 0.777. The zero-order valence-electron chi connectivity index (χ0n) is 11.2. The van der Waals surface area contributed by atoms with Gasteiger partial charge in [0.1, 0.15) is 0 Å². The molecule has 0 bridgehead atoms. The fraction of sp³-hybridized carbons (Fsp3) is 0.467. The Hall–Kier alpha value is -1.30. The number of hydrogen-bond donors (Lipinski definition) is 2. The molecule has 0 aliphatic rings. The summed E-state index contributed by atoms with van der Waals surface area (Å²) in [6.07, 6.45) is 0. The van der Waals surface area contributed by atoms with Gasteiger partial charge in [-0.3, -0.25) is 0 Å². The zero-order valence-corrected chi connectivity index (χ0v) is 11.2. The number of rotatable bonds is 3. The molecule has 0 aromatic heterocycles. The summed E-state index contributed by atoms with van der Waals surface area (Å²) in [5.74, 6) is 6.16. The maximum absolute atomic E-state index is 3.46. The minimum atomic E-state index is 0.158. The van der Waals surface area contributed by atoms with Gasteiger partial charge in [-0.05, 0) is 45.5 Å². The molecule has 0 amide bonds. The molecule has 1 aromatic carbocycles. The molecule has 0 unspecified atom stereocenters. The van der Waals surface area contributed by atoms with Gasteiger partial charge >= 0.3 is 0 Å². The van der Waals surface area contributed by atoms with Crippen LogP contribution < -0.4 is 10.6 Å². The van der Waals surface area contributed by atoms with E-state index in [4.69, 9.17) is 0 Å². The molecule has 0 saturated heterocycles. The average molecular weight is 230 g/mol. The maximum Gasteiger partial charge on any atom is 0.0577 e. The van der Waals surface area contributed by atoms with E-state index in [1.54, 1.807) is 0 Å². The number of nitrogens with one attached hydrogen (secondary N) is 2. The highest BCUT2D eigenvalue weighted by atomic mass is 14.9. The molecule has 92 valence electrons. The highest BCUT2D eigenvalue weighted by molar-refractivity contribution is 5.36. The molecule has 2 nitrogen and oxygen atoms in total. The summed E-state index contributed by atoms with van der Waals surface area (Å²) in [7, 11) is 1.90. The molecule has 2 N–H and O–H groups in total. The normalized spacial score (nSPS) is 10.8. The Kier molecular flexibility index (Phi) is 5.21. The Morgan fingerprint density at radius 3 is 2.29 bits per heavy atom. The van der Waals surface area contributed by atoms with E-state index in [1.165, 1.54) is 5.56 Å². The van der Waals surface area contributed by atoms with Gasteiger partial charge in [-0.1, -0.05) is 24.0 Å². The molecule has 2 heteroatoms. The lowest BCUT2D eigenvalue weighted by molar-refractivity contribution is 0.424. The minimum absolute atomic E-state index is 0.158. The van der Waals surface area contributed by atoms with E-state index >= 15 is 0 Å². The molecule has 1 rings (SSSR count). The third-order valence-corrected chi connectivity index (χ3v) is 2.27. The van der Waals surface area contributed by atoms with Crippen molar-refractivity contribution >= 4 is 0 Å². The van der Waals surface area contributed by atoms with E-state index in [9.17, 15) is 0 Å². The molecular formula is C15H22N2.